The molecule has 0 aromatic carbocycles. The van der Waals surface area contributed by atoms with Gasteiger partial charge in [0.25, 0.3) is 10.1 Å². The summed E-state index contributed by atoms with van der Waals surface area (Å²) in [7, 11) is -3.77. The van der Waals surface area contributed by atoms with Gasteiger partial charge in [0.05, 0.1) is 5.75 Å². The van der Waals surface area contributed by atoms with Crippen LogP contribution in [-0.2, 0) is 10.1 Å². The van der Waals surface area contributed by atoms with Gasteiger partial charge >= 0.3 is 18.9 Å². The summed E-state index contributed by atoms with van der Waals surface area (Å²) in [6, 6.07) is 0. The van der Waals surface area contributed by atoms with Gasteiger partial charge in [-0.05, 0) is 11.8 Å². The topological polar surface area (TPSA) is 54.4 Å². The first kappa shape index (κ1) is 14.1. The summed E-state index contributed by atoms with van der Waals surface area (Å²) in [4.78, 5) is 0. The fourth-order valence-electron chi connectivity index (χ4n) is 0.525. The summed E-state index contributed by atoms with van der Waals surface area (Å²) in [5.74, 6) is 0.182. The first-order chi connectivity index (χ1) is 4.33. The normalized spacial score (nSPS) is 14.3. The van der Waals surface area contributed by atoms with Gasteiger partial charge in [-0.3, -0.25) is 4.55 Å². The van der Waals surface area contributed by atoms with Crippen LogP contribution < -0.4 is 0 Å². The second-order valence-corrected chi connectivity index (χ2v) is 4.47. The van der Waals surface area contributed by atoms with Gasteiger partial charge in [-0.1, -0.05) is 20.8 Å². The molecular formula is C6H15LiO3S. The first-order valence-corrected chi connectivity index (χ1v) is 4.89. The fraction of sp³-hybridized carbons (Fsp3) is 1.00. The molecule has 0 aliphatic rings. The molecule has 11 heavy (non-hydrogen) atoms. The minimum atomic E-state index is -3.77. The van der Waals surface area contributed by atoms with Crippen LogP contribution in [-0.4, -0.2) is 37.6 Å². The molecule has 0 saturated heterocycles. The molecule has 1 atom stereocenters. The Labute approximate surface area is 80.5 Å². The van der Waals surface area contributed by atoms with Crippen molar-refractivity contribution in [3.05, 3.63) is 0 Å². The van der Waals surface area contributed by atoms with Gasteiger partial charge in [-0.2, -0.15) is 8.42 Å². The van der Waals surface area contributed by atoms with E-state index in [-0.39, 0.29) is 30.5 Å². The van der Waals surface area contributed by atoms with Crippen LogP contribution in [0.15, 0.2) is 0 Å². The third-order valence-electron chi connectivity index (χ3n) is 1.61. The minimum absolute atomic E-state index is 0. The van der Waals surface area contributed by atoms with Crippen LogP contribution in [0.4, 0.5) is 0 Å². The first-order valence-electron chi connectivity index (χ1n) is 3.28. The van der Waals surface area contributed by atoms with Crippen molar-refractivity contribution < 1.29 is 13.0 Å². The molecule has 0 aromatic heterocycles. The van der Waals surface area contributed by atoms with E-state index in [4.69, 9.17) is 4.55 Å². The van der Waals surface area contributed by atoms with Crippen molar-refractivity contribution in [2.45, 2.75) is 20.8 Å². The van der Waals surface area contributed by atoms with Gasteiger partial charge in [0.15, 0.2) is 0 Å². The Balaban J connectivity index is 0. The molecule has 0 aliphatic carbocycles. The van der Waals surface area contributed by atoms with E-state index in [1.807, 2.05) is 13.8 Å². The molecule has 0 heterocycles. The molecule has 0 bridgehead atoms. The second-order valence-electron chi connectivity index (χ2n) is 2.97. The van der Waals surface area contributed by atoms with Gasteiger partial charge in [-0.25, -0.2) is 0 Å². The molecule has 0 spiro atoms. The standard InChI is InChI=1S/C6H14O3S.Li.H/c1-5(2)6(3)4-10(7,8)9;;/h5-6H,4H2,1-3H3,(H,7,8,9);;. The predicted molar refractivity (Wildman–Crippen MR) is 47.6 cm³/mol. The molecule has 64 valence electrons. The molecule has 0 fully saturated rings. The summed E-state index contributed by atoms with van der Waals surface area (Å²) in [6.07, 6.45) is 0. The zero-order chi connectivity index (χ0) is 8.36. The molecule has 0 aliphatic heterocycles. The SMILES string of the molecule is CC(C)C(C)CS(=O)(=O)O.[LiH]. The van der Waals surface area contributed by atoms with Crippen molar-refractivity contribution in [2.24, 2.45) is 11.8 Å². The fourth-order valence-corrected chi connectivity index (χ4v) is 1.57. The van der Waals surface area contributed by atoms with Crippen LogP contribution in [0.3, 0.4) is 0 Å². The predicted octanol–water partition coefficient (Wildman–Crippen LogP) is 0.518. The zero-order valence-corrected chi connectivity index (χ0v) is 7.35. The second kappa shape index (κ2) is 5.21. The average Bonchev–Trinajstić information content (AvgIpc) is 1.60. The number of hydrogen-bond acceptors (Lipinski definition) is 2. The van der Waals surface area contributed by atoms with Crippen molar-refractivity contribution in [1.82, 2.24) is 0 Å². The van der Waals surface area contributed by atoms with Crippen molar-refractivity contribution in [3.63, 3.8) is 0 Å². The number of rotatable bonds is 3. The molecule has 3 nitrogen and oxygen atoms in total. The zero-order valence-electron chi connectivity index (χ0n) is 6.53. The van der Waals surface area contributed by atoms with Crippen LogP contribution in [0, 0.1) is 11.8 Å². The van der Waals surface area contributed by atoms with Crippen LogP contribution in [0.2, 0.25) is 0 Å². The summed E-state index contributed by atoms with van der Waals surface area (Å²) >= 11 is 0. The summed E-state index contributed by atoms with van der Waals surface area (Å²) in [5.41, 5.74) is 0. The molecule has 0 radical (unpaired) electrons. The van der Waals surface area contributed by atoms with E-state index in [2.05, 4.69) is 0 Å². The molecule has 0 rings (SSSR count). The van der Waals surface area contributed by atoms with Crippen molar-refractivity contribution >= 4 is 29.0 Å². The number of hydrogen-bond donors (Lipinski definition) is 1. The molecular weight excluding hydrogens is 159 g/mol. The van der Waals surface area contributed by atoms with Crippen molar-refractivity contribution in [3.8, 4) is 0 Å². The van der Waals surface area contributed by atoms with Crippen LogP contribution in [0.1, 0.15) is 20.8 Å². The molecule has 5 heteroatoms. The van der Waals surface area contributed by atoms with E-state index in [0.29, 0.717) is 5.92 Å². The summed E-state index contributed by atoms with van der Waals surface area (Å²) in [6.45, 7) is 5.66. The van der Waals surface area contributed by atoms with E-state index >= 15 is 0 Å². The maximum absolute atomic E-state index is 10.3. The molecule has 0 saturated carbocycles. The van der Waals surface area contributed by atoms with E-state index in [1.54, 1.807) is 6.92 Å². The Morgan fingerprint density at radius 1 is 1.27 bits per heavy atom. The van der Waals surface area contributed by atoms with Crippen LogP contribution in [0.5, 0.6) is 0 Å². The summed E-state index contributed by atoms with van der Waals surface area (Å²) in [5, 5.41) is 0. The van der Waals surface area contributed by atoms with E-state index in [1.165, 1.54) is 0 Å². The van der Waals surface area contributed by atoms with Crippen molar-refractivity contribution in [2.75, 3.05) is 5.75 Å². The molecule has 0 aromatic rings. The molecule has 0 amide bonds. The maximum atomic E-state index is 10.3. The molecule has 1 N–H and O–H groups in total. The van der Waals surface area contributed by atoms with Crippen LogP contribution >= 0.6 is 0 Å². The third kappa shape index (κ3) is 8.41. The Kier molecular flexibility index (Phi) is 6.65. The Morgan fingerprint density at radius 2 is 1.64 bits per heavy atom. The average molecular weight is 174 g/mol. The third-order valence-corrected chi connectivity index (χ3v) is 2.56. The van der Waals surface area contributed by atoms with Gasteiger partial charge in [0.2, 0.25) is 0 Å². The van der Waals surface area contributed by atoms with E-state index in [0.717, 1.165) is 0 Å². The Bertz CT molecular complexity index is 186. The quantitative estimate of drug-likeness (QED) is 0.501. The molecule has 1 unspecified atom stereocenters. The van der Waals surface area contributed by atoms with E-state index < -0.39 is 10.1 Å². The van der Waals surface area contributed by atoms with Gasteiger partial charge in [0, 0.05) is 0 Å². The van der Waals surface area contributed by atoms with E-state index in [9.17, 15) is 8.42 Å². The van der Waals surface area contributed by atoms with Crippen molar-refractivity contribution in [1.29, 1.82) is 0 Å². The Hall–Kier alpha value is 0.507. The Morgan fingerprint density at radius 3 is 1.73 bits per heavy atom. The van der Waals surface area contributed by atoms with Gasteiger partial charge in [0.1, 0.15) is 0 Å². The van der Waals surface area contributed by atoms with Crippen LogP contribution in [0.25, 0.3) is 0 Å². The van der Waals surface area contributed by atoms with Gasteiger partial charge < -0.3 is 0 Å². The summed E-state index contributed by atoms with van der Waals surface area (Å²) < 4.78 is 29.0. The van der Waals surface area contributed by atoms with Gasteiger partial charge in [-0.15, -0.1) is 0 Å². The monoisotopic (exact) mass is 174 g/mol.